The van der Waals surface area contributed by atoms with Crippen LogP contribution in [0.2, 0.25) is 0 Å². The predicted molar refractivity (Wildman–Crippen MR) is 106 cm³/mol. The van der Waals surface area contributed by atoms with Gasteiger partial charge in [0.15, 0.2) is 5.82 Å². The average Bonchev–Trinajstić information content (AvgIpc) is 2.73. The number of ether oxygens (including phenoxy) is 2. The largest absolute Gasteiger partial charge is 0.573 e. The number of carbonyl (C=O) groups excluding carboxylic acids is 1. The molecule has 1 aromatic carbocycles. The molecule has 10 nitrogen and oxygen atoms in total. The summed E-state index contributed by atoms with van der Waals surface area (Å²) in [5.41, 5.74) is 0.297. The number of morpholine rings is 1. The fraction of sp³-hybridized carbons (Fsp3) is 0.444. The fourth-order valence-corrected chi connectivity index (χ4v) is 2.65. The molecule has 168 valence electrons. The van der Waals surface area contributed by atoms with Gasteiger partial charge in [-0.15, -0.1) is 13.2 Å². The molecule has 2 heterocycles. The van der Waals surface area contributed by atoms with Crippen molar-refractivity contribution in [1.82, 2.24) is 20.3 Å². The third-order valence-corrected chi connectivity index (χ3v) is 4.10. The molecule has 1 saturated heterocycles. The first kappa shape index (κ1) is 22.3. The van der Waals surface area contributed by atoms with Gasteiger partial charge in [0.05, 0.1) is 19.8 Å². The molecule has 1 aromatic heterocycles. The molecule has 2 aromatic rings. The SMILES string of the molecule is CN(C)c1nc(CNC(=O)Nc2ccc(OC(F)(F)F)cc2)nc(N2CCOCC2)n1. The van der Waals surface area contributed by atoms with Gasteiger partial charge >= 0.3 is 12.4 Å². The van der Waals surface area contributed by atoms with Gasteiger partial charge in [0, 0.05) is 32.9 Å². The fourth-order valence-electron chi connectivity index (χ4n) is 2.65. The van der Waals surface area contributed by atoms with Crippen LogP contribution in [0.4, 0.5) is 35.5 Å². The number of rotatable bonds is 6. The van der Waals surface area contributed by atoms with Gasteiger partial charge in [-0.1, -0.05) is 0 Å². The standard InChI is InChI=1S/C18H22F3N7O3/c1-27(2)15-24-14(25-16(26-15)28-7-9-30-10-8-28)11-22-17(29)23-12-3-5-13(6-4-12)31-18(19,20)21/h3-6H,7-11H2,1-2H3,(H2,22,23,29). The summed E-state index contributed by atoms with van der Waals surface area (Å²) in [5, 5.41) is 5.14. The minimum atomic E-state index is -4.78. The average molecular weight is 441 g/mol. The van der Waals surface area contributed by atoms with Crippen molar-refractivity contribution in [2.75, 3.05) is 55.5 Å². The molecule has 0 bridgehead atoms. The van der Waals surface area contributed by atoms with E-state index in [2.05, 4.69) is 30.3 Å². The second-order valence-electron chi connectivity index (χ2n) is 6.73. The third kappa shape index (κ3) is 6.84. The van der Waals surface area contributed by atoms with Crippen molar-refractivity contribution in [3.63, 3.8) is 0 Å². The summed E-state index contributed by atoms with van der Waals surface area (Å²) in [4.78, 5) is 29.1. The quantitative estimate of drug-likeness (QED) is 0.702. The van der Waals surface area contributed by atoms with E-state index in [1.807, 2.05) is 4.90 Å². The zero-order chi connectivity index (χ0) is 22.4. The normalized spacial score (nSPS) is 14.2. The number of aromatic nitrogens is 3. The molecule has 31 heavy (non-hydrogen) atoms. The number of amides is 2. The summed E-state index contributed by atoms with van der Waals surface area (Å²) >= 11 is 0. The summed E-state index contributed by atoms with van der Waals surface area (Å²) in [6, 6.07) is 4.23. The lowest BCUT2D eigenvalue weighted by atomic mass is 10.3. The number of urea groups is 1. The predicted octanol–water partition coefficient (Wildman–Crippen LogP) is 1.99. The summed E-state index contributed by atoms with van der Waals surface area (Å²) < 4.78 is 45.8. The van der Waals surface area contributed by atoms with Gasteiger partial charge in [0.25, 0.3) is 0 Å². The molecule has 0 atom stereocenters. The smallest absolute Gasteiger partial charge is 0.406 e. The highest BCUT2D eigenvalue weighted by Gasteiger charge is 2.31. The highest BCUT2D eigenvalue weighted by molar-refractivity contribution is 5.89. The van der Waals surface area contributed by atoms with E-state index in [1.54, 1.807) is 19.0 Å². The van der Waals surface area contributed by atoms with E-state index in [4.69, 9.17) is 4.74 Å². The first-order valence-electron chi connectivity index (χ1n) is 9.35. The lowest BCUT2D eigenvalue weighted by Gasteiger charge is -2.27. The van der Waals surface area contributed by atoms with Crippen LogP contribution in [-0.2, 0) is 11.3 Å². The monoisotopic (exact) mass is 441 g/mol. The Morgan fingerprint density at radius 2 is 1.84 bits per heavy atom. The Balaban J connectivity index is 1.60. The Labute approximate surface area is 176 Å². The van der Waals surface area contributed by atoms with Crippen LogP contribution in [0.3, 0.4) is 0 Å². The van der Waals surface area contributed by atoms with Gasteiger partial charge in [-0.2, -0.15) is 15.0 Å². The zero-order valence-corrected chi connectivity index (χ0v) is 16.9. The lowest BCUT2D eigenvalue weighted by Crippen LogP contribution is -2.38. The Hall–Kier alpha value is -3.35. The van der Waals surface area contributed by atoms with E-state index in [1.165, 1.54) is 12.1 Å². The van der Waals surface area contributed by atoms with Crippen LogP contribution in [0.25, 0.3) is 0 Å². The van der Waals surface area contributed by atoms with Crippen molar-refractivity contribution in [2.45, 2.75) is 12.9 Å². The molecule has 2 amide bonds. The van der Waals surface area contributed by atoms with Crippen LogP contribution in [0.5, 0.6) is 5.75 Å². The highest BCUT2D eigenvalue weighted by atomic mass is 19.4. The van der Waals surface area contributed by atoms with Crippen molar-refractivity contribution >= 4 is 23.6 Å². The number of hydrogen-bond donors (Lipinski definition) is 2. The first-order chi connectivity index (χ1) is 14.7. The van der Waals surface area contributed by atoms with Crippen LogP contribution >= 0.6 is 0 Å². The minimum absolute atomic E-state index is 0.0296. The maximum atomic E-state index is 12.2. The number of carbonyl (C=O) groups is 1. The number of nitrogens with one attached hydrogen (secondary N) is 2. The number of benzene rings is 1. The molecule has 1 aliphatic rings. The number of alkyl halides is 3. The van der Waals surface area contributed by atoms with E-state index in [0.29, 0.717) is 49.7 Å². The molecule has 0 saturated carbocycles. The Morgan fingerprint density at radius 1 is 1.16 bits per heavy atom. The second kappa shape index (κ2) is 9.64. The molecular formula is C18H22F3N7O3. The molecule has 13 heteroatoms. The highest BCUT2D eigenvalue weighted by Crippen LogP contribution is 2.24. The van der Waals surface area contributed by atoms with Gasteiger partial charge in [-0.3, -0.25) is 0 Å². The summed E-state index contributed by atoms with van der Waals surface area (Å²) in [6.07, 6.45) is -4.78. The lowest BCUT2D eigenvalue weighted by molar-refractivity contribution is -0.274. The van der Waals surface area contributed by atoms with Crippen LogP contribution < -0.4 is 25.2 Å². The Bertz CT molecular complexity index is 888. The zero-order valence-electron chi connectivity index (χ0n) is 16.9. The van der Waals surface area contributed by atoms with Crippen molar-refractivity contribution in [3.05, 3.63) is 30.1 Å². The van der Waals surface area contributed by atoms with Crippen molar-refractivity contribution in [2.24, 2.45) is 0 Å². The second-order valence-corrected chi connectivity index (χ2v) is 6.73. The third-order valence-electron chi connectivity index (χ3n) is 4.10. The molecule has 1 fully saturated rings. The molecule has 0 aliphatic carbocycles. The maximum absolute atomic E-state index is 12.2. The topological polar surface area (TPSA) is 105 Å². The summed E-state index contributed by atoms with van der Waals surface area (Å²) in [5.74, 6) is 0.938. The van der Waals surface area contributed by atoms with E-state index < -0.39 is 12.4 Å². The number of nitrogens with zero attached hydrogens (tertiary/aromatic N) is 5. The Morgan fingerprint density at radius 3 is 2.45 bits per heavy atom. The van der Waals surface area contributed by atoms with Gasteiger partial charge < -0.3 is 29.9 Å². The van der Waals surface area contributed by atoms with Crippen LogP contribution in [0.1, 0.15) is 5.82 Å². The molecule has 0 spiro atoms. The van der Waals surface area contributed by atoms with E-state index in [9.17, 15) is 18.0 Å². The molecule has 0 radical (unpaired) electrons. The van der Waals surface area contributed by atoms with Gasteiger partial charge in [0.1, 0.15) is 5.75 Å². The van der Waals surface area contributed by atoms with E-state index in [-0.39, 0.29) is 12.3 Å². The van der Waals surface area contributed by atoms with Crippen molar-refractivity contribution in [1.29, 1.82) is 0 Å². The van der Waals surface area contributed by atoms with Crippen molar-refractivity contribution < 1.29 is 27.4 Å². The number of anilines is 3. The maximum Gasteiger partial charge on any atom is 0.573 e. The summed E-state index contributed by atoms with van der Waals surface area (Å²) in [6.45, 7) is 2.48. The van der Waals surface area contributed by atoms with Gasteiger partial charge in [-0.05, 0) is 24.3 Å². The molecule has 2 N–H and O–H groups in total. The van der Waals surface area contributed by atoms with E-state index >= 15 is 0 Å². The molecule has 1 aliphatic heterocycles. The Kier molecular flexibility index (Phi) is 6.95. The van der Waals surface area contributed by atoms with Crippen LogP contribution in [0, 0.1) is 0 Å². The molecule has 0 unspecified atom stereocenters. The van der Waals surface area contributed by atoms with Gasteiger partial charge in [0.2, 0.25) is 11.9 Å². The first-order valence-corrected chi connectivity index (χ1v) is 9.35. The minimum Gasteiger partial charge on any atom is -0.406 e. The molecule has 3 rings (SSSR count). The molecular weight excluding hydrogens is 419 g/mol. The number of halogens is 3. The van der Waals surface area contributed by atoms with Crippen molar-refractivity contribution in [3.8, 4) is 5.75 Å². The summed E-state index contributed by atoms with van der Waals surface area (Å²) in [7, 11) is 3.60. The van der Waals surface area contributed by atoms with E-state index in [0.717, 1.165) is 12.1 Å². The number of hydrogen-bond acceptors (Lipinski definition) is 8. The van der Waals surface area contributed by atoms with Crippen LogP contribution in [0.15, 0.2) is 24.3 Å². The van der Waals surface area contributed by atoms with Gasteiger partial charge in [-0.25, -0.2) is 4.79 Å². The van der Waals surface area contributed by atoms with Crippen LogP contribution in [-0.4, -0.2) is 67.7 Å².